The quantitative estimate of drug-likeness (QED) is 0.510. The highest BCUT2D eigenvalue weighted by molar-refractivity contribution is 7.99. The Kier molecular flexibility index (Phi) is 7.04. The van der Waals surface area contributed by atoms with E-state index in [0.717, 1.165) is 5.75 Å². The molecule has 0 saturated heterocycles. The highest BCUT2D eigenvalue weighted by atomic mass is 32.2. The molecule has 1 atom stereocenters. The normalized spacial score (nSPS) is 12.0. The molecule has 0 fully saturated rings. The molecule has 1 unspecified atom stereocenters. The van der Waals surface area contributed by atoms with E-state index in [1.54, 1.807) is 12.6 Å². The van der Waals surface area contributed by atoms with Crippen molar-refractivity contribution in [1.82, 2.24) is 25.0 Å². The average molecular weight is 435 g/mol. The fourth-order valence-corrected chi connectivity index (χ4v) is 3.91. The second-order valence-corrected chi connectivity index (χ2v) is 8.10. The molecule has 2 heterocycles. The van der Waals surface area contributed by atoms with E-state index in [1.165, 1.54) is 23.1 Å². The Morgan fingerprint density at radius 3 is 2.52 bits per heavy atom. The maximum atomic E-state index is 12.1. The summed E-state index contributed by atoms with van der Waals surface area (Å²) in [6.45, 7) is 6.00. The molecule has 1 aromatic carbocycles. The van der Waals surface area contributed by atoms with Crippen LogP contribution in [0, 0.1) is 0 Å². The first-order valence-electron chi connectivity index (χ1n) is 8.92. The summed E-state index contributed by atoms with van der Waals surface area (Å²) in [6, 6.07) is 7.48. The first-order valence-corrected chi connectivity index (χ1v) is 10.8. The van der Waals surface area contributed by atoms with Crippen molar-refractivity contribution in [3.63, 3.8) is 0 Å². The van der Waals surface area contributed by atoms with Crippen molar-refractivity contribution in [2.24, 2.45) is 0 Å². The number of hydrogen-bond donors (Lipinski definition) is 1. The Morgan fingerprint density at radius 2 is 1.90 bits per heavy atom. The minimum absolute atomic E-state index is 0.107. The van der Waals surface area contributed by atoms with E-state index in [1.807, 2.05) is 49.6 Å². The van der Waals surface area contributed by atoms with Gasteiger partial charge in [0.25, 0.3) is 0 Å². The van der Waals surface area contributed by atoms with E-state index in [0.29, 0.717) is 21.9 Å². The number of amides is 1. The first-order chi connectivity index (χ1) is 14.0. The van der Waals surface area contributed by atoms with Gasteiger partial charge in [0, 0.05) is 6.04 Å². The molecule has 0 spiro atoms. The lowest BCUT2D eigenvalue weighted by molar-refractivity contribution is -0.113. The van der Waals surface area contributed by atoms with Gasteiger partial charge >= 0.3 is 0 Å². The van der Waals surface area contributed by atoms with Crippen molar-refractivity contribution < 1.29 is 14.3 Å². The molecule has 154 valence electrons. The van der Waals surface area contributed by atoms with E-state index in [9.17, 15) is 4.79 Å². The minimum atomic E-state index is -0.317. The molecule has 3 rings (SSSR count). The zero-order valence-electron chi connectivity index (χ0n) is 16.5. The van der Waals surface area contributed by atoms with Crippen molar-refractivity contribution >= 4 is 34.1 Å². The van der Waals surface area contributed by atoms with Gasteiger partial charge in [-0.1, -0.05) is 23.1 Å². The average Bonchev–Trinajstić information content (AvgIpc) is 3.36. The monoisotopic (exact) mass is 434 g/mol. The van der Waals surface area contributed by atoms with E-state index in [2.05, 4.69) is 25.7 Å². The highest BCUT2D eigenvalue weighted by Crippen LogP contribution is 2.28. The highest BCUT2D eigenvalue weighted by Gasteiger charge is 2.22. The first kappa shape index (κ1) is 21.1. The van der Waals surface area contributed by atoms with Crippen LogP contribution < -0.4 is 14.8 Å². The number of methoxy groups -OCH3 is 1. The number of nitrogens with one attached hydrogen (secondary N) is 1. The Labute approximate surface area is 176 Å². The van der Waals surface area contributed by atoms with Gasteiger partial charge in [-0.15, -0.1) is 20.4 Å². The predicted octanol–water partition coefficient (Wildman–Crippen LogP) is 3.59. The number of benzene rings is 1. The van der Waals surface area contributed by atoms with Crippen LogP contribution in [0.1, 0.15) is 38.7 Å². The number of carbonyl (C=O) groups is 1. The van der Waals surface area contributed by atoms with Crippen LogP contribution in [0.4, 0.5) is 5.13 Å². The minimum Gasteiger partial charge on any atom is -0.497 e. The van der Waals surface area contributed by atoms with Crippen molar-refractivity contribution in [2.75, 3.05) is 18.2 Å². The van der Waals surface area contributed by atoms with Crippen molar-refractivity contribution in [1.29, 1.82) is 0 Å². The smallest absolute Gasteiger partial charge is 0.236 e. The molecule has 0 aliphatic rings. The standard InChI is InChI=1S/C18H22N6O3S2/c1-11(2)24-16(12(3)27-14-7-5-13(26-4)6-8-14)21-23-18(24)28-9-15(25)20-17-22-19-10-29-17/h5-8,10-12H,9H2,1-4H3,(H,20,22,25). The summed E-state index contributed by atoms with van der Waals surface area (Å²) in [6.07, 6.45) is -0.317. The lowest BCUT2D eigenvalue weighted by atomic mass is 10.3. The molecule has 9 nitrogen and oxygen atoms in total. The molecule has 29 heavy (non-hydrogen) atoms. The van der Waals surface area contributed by atoms with Gasteiger partial charge in [-0.05, 0) is 45.0 Å². The fraction of sp³-hybridized carbons (Fsp3) is 0.389. The molecule has 0 bridgehead atoms. The van der Waals surface area contributed by atoms with Gasteiger partial charge < -0.3 is 14.0 Å². The van der Waals surface area contributed by atoms with Crippen LogP contribution in [0.5, 0.6) is 11.5 Å². The molecule has 1 N–H and O–H groups in total. The Balaban J connectivity index is 1.67. The number of thioether (sulfide) groups is 1. The van der Waals surface area contributed by atoms with E-state index in [-0.39, 0.29) is 23.8 Å². The van der Waals surface area contributed by atoms with Crippen LogP contribution in [0.25, 0.3) is 0 Å². The summed E-state index contributed by atoms with van der Waals surface area (Å²) in [5, 5.41) is 19.9. The van der Waals surface area contributed by atoms with E-state index in [4.69, 9.17) is 9.47 Å². The summed E-state index contributed by atoms with van der Waals surface area (Å²) in [5.74, 6) is 2.19. The van der Waals surface area contributed by atoms with Gasteiger partial charge in [-0.3, -0.25) is 10.1 Å². The Morgan fingerprint density at radius 1 is 1.17 bits per heavy atom. The molecule has 0 saturated carbocycles. The molecule has 0 aliphatic heterocycles. The molecule has 2 aromatic heterocycles. The zero-order chi connectivity index (χ0) is 20.8. The van der Waals surface area contributed by atoms with Crippen molar-refractivity contribution in [2.45, 2.75) is 38.1 Å². The maximum Gasteiger partial charge on any atom is 0.236 e. The second-order valence-electron chi connectivity index (χ2n) is 6.32. The maximum absolute atomic E-state index is 12.1. The number of hydrogen-bond acceptors (Lipinski definition) is 9. The number of ether oxygens (including phenoxy) is 2. The third-order valence-electron chi connectivity index (χ3n) is 3.88. The van der Waals surface area contributed by atoms with Crippen LogP contribution in [0.2, 0.25) is 0 Å². The third kappa shape index (κ3) is 5.45. The van der Waals surface area contributed by atoms with Crippen molar-refractivity contribution in [3.8, 4) is 11.5 Å². The van der Waals surface area contributed by atoms with Crippen molar-refractivity contribution in [3.05, 3.63) is 35.6 Å². The molecular formula is C18H22N6O3S2. The molecule has 11 heteroatoms. The van der Waals surface area contributed by atoms with Crippen LogP contribution in [0.3, 0.4) is 0 Å². The number of anilines is 1. The van der Waals surface area contributed by atoms with Crippen LogP contribution in [0.15, 0.2) is 34.9 Å². The number of carbonyl (C=O) groups excluding carboxylic acids is 1. The molecular weight excluding hydrogens is 412 g/mol. The van der Waals surface area contributed by atoms with Gasteiger partial charge in [0.05, 0.1) is 12.9 Å². The third-order valence-corrected chi connectivity index (χ3v) is 5.43. The van der Waals surface area contributed by atoms with Gasteiger partial charge in [0.2, 0.25) is 11.0 Å². The van der Waals surface area contributed by atoms with Crippen LogP contribution >= 0.6 is 23.1 Å². The lowest BCUT2D eigenvalue weighted by Crippen LogP contribution is -2.16. The van der Waals surface area contributed by atoms with Crippen LogP contribution in [-0.2, 0) is 4.79 Å². The van der Waals surface area contributed by atoms with Crippen LogP contribution in [-0.4, -0.2) is 43.7 Å². The fourth-order valence-electron chi connectivity index (χ4n) is 2.57. The largest absolute Gasteiger partial charge is 0.497 e. The molecule has 3 aromatic rings. The summed E-state index contributed by atoms with van der Waals surface area (Å²) in [5.41, 5.74) is 1.56. The van der Waals surface area contributed by atoms with E-state index >= 15 is 0 Å². The number of aromatic nitrogens is 5. The zero-order valence-corrected chi connectivity index (χ0v) is 18.2. The SMILES string of the molecule is COc1ccc(OC(C)c2nnc(SCC(=O)Nc3nncs3)n2C(C)C)cc1. The molecule has 1 amide bonds. The lowest BCUT2D eigenvalue weighted by Gasteiger charge is -2.19. The summed E-state index contributed by atoms with van der Waals surface area (Å²) >= 11 is 2.59. The Bertz CT molecular complexity index is 928. The predicted molar refractivity (Wildman–Crippen MR) is 112 cm³/mol. The summed E-state index contributed by atoms with van der Waals surface area (Å²) in [4.78, 5) is 12.1. The van der Waals surface area contributed by atoms with E-state index < -0.39 is 0 Å². The summed E-state index contributed by atoms with van der Waals surface area (Å²) in [7, 11) is 1.62. The summed E-state index contributed by atoms with van der Waals surface area (Å²) < 4.78 is 13.2. The Hall–Kier alpha value is -2.66. The number of rotatable bonds is 9. The van der Waals surface area contributed by atoms with Gasteiger partial charge in [0.15, 0.2) is 17.1 Å². The molecule has 0 aliphatic carbocycles. The van der Waals surface area contributed by atoms with Gasteiger partial charge in [-0.2, -0.15) is 0 Å². The van der Waals surface area contributed by atoms with Gasteiger partial charge in [-0.25, -0.2) is 0 Å². The topological polar surface area (TPSA) is 104 Å². The molecule has 0 radical (unpaired) electrons. The van der Waals surface area contributed by atoms with Gasteiger partial charge in [0.1, 0.15) is 17.0 Å². The second kappa shape index (κ2) is 9.70. The number of nitrogens with zero attached hydrogens (tertiary/aromatic N) is 5.